The Balaban J connectivity index is 1.74. The third-order valence-corrected chi connectivity index (χ3v) is 3.95. The lowest BCUT2D eigenvalue weighted by Crippen LogP contribution is -2.23. The van der Waals surface area contributed by atoms with E-state index in [-0.39, 0.29) is 18.3 Å². The van der Waals surface area contributed by atoms with Crippen LogP contribution in [0.25, 0.3) is 5.69 Å². The maximum absolute atomic E-state index is 13.4. The molecule has 0 fully saturated rings. The molecule has 0 aliphatic carbocycles. The van der Waals surface area contributed by atoms with Gasteiger partial charge in [-0.2, -0.15) is 5.10 Å². The van der Waals surface area contributed by atoms with Crippen LogP contribution in [0, 0.1) is 12.7 Å². The van der Waals surface area contributed by atoms with E-state index in [1.807, 2.05) is 37.3 Å². The van der Waals surface area contributed by atoms with Crippen LogP contribution in [0.4, 0.5) is 4.39 Å². The number of aryl methyl sites for hydroxylation is 1. The molecule has 0 spiro atoms. The summed E-state index contributed by atoms with van der Waals surface area (Å²) in [5, 5.41) is 7.11. The summed E-state index contributed by atoms with van der Waals surface area (Å²) < 4.78 is 15.7. The van der Waals surface area contributed by atoms with Crippen molar-refractivity contribution in [3.05, 3.63) is 81.8 Å². The number of nitrogens with zero attached hydrogens (tertiary/aromatic N) is 2. The van der Waals surface area contributed by atoms with Gasteiger partial charge in [0.2, 0.25) is 0 Å². The van der Waals surface area contributed by atoms with Crippen molar-refractivity contribution in [2.45, 2.75) is 13.5 Å². The minimum atomic E-state index is -0.349. The number of nitrogens with one attached hydrogen (secondary N) is 1. The number of benzene rings is 2. The van der Waals surface area contributed by atoms with Gasteiger partial charge in [-0.05, 0) is 48.9 Å². The molecule has 0 aliphatic heterocycles. The molecule has 0 saturated carbocycles. The minimum absolute atomic E-state index is 0.229. The van der Waals surface area contributed by atoms with Gasteiger partial charge in [0.15, 0.2) is 5.69 Å². The summed E-state index contributed by atoms with van der Waals surface area (Å²) in [6.45, 7) is 2.12. The third-order valence-electron chi connectivity index (χ3n) is 3.50. The Labute approximate surface area is 147 Å². The highest BCUT2D eigenvalue weighted by Gasteiger charge is 2.13. The van der Waals surface area contributed by atoms with Crippen molar-refractivity contribution in [1.29, 1.82) is 0 Å². The summed E-state index contributed by atoms with van der Waals surface area (Å²) in [4.78, 5) is 12.3. The van der Waals surface area contributed by atoms with Gasteiger partial charge in [0.1, 0.15) is 5.82 Å². The molecule has 0 bridgehead atoms. The molecule has 6 heteroatoms. The molecule has 1 aromatic heterocycles. The average Bonchev–Trinajstić information content (AvgIpc) is 2.94. The van der Waals surface area contributed by atoms with E-state index in [9.17, 15) is 9.18 Å². The second-order valence-electron chi connectivity index (χ2n) is 5.38. The normalized spacial score (nSPS) is 10.6. The monoisotopic (exact) mass is 387 g/mol. The van der Waals surface area contributed by atoms with Gasteiger partial charge in [-0.15, -0.1) is 0 Å². The van der Waals surface area contributed by atoms with Crippen molar-refractivity contribution in [1.82, 2.24) is 15.1 Å². The second-order valence-corrected chi connectivity index (χ2v) is 6.29. The zero-order valence-corrected chi connectivity index (χ0v) is 14.5. The molecule has 2 aromatic carbocycles. The number of carbonyl (C=O) groups excluding carboxylic acids is 1. The minimum Gasteiger partial charge on any atom is -0.347 e. The predicted octanol–water partition coefficient (Wildman–Crippen LogP) is 4.01. The Morgan fingerprint density at radius 2 is 1.96 bits per heavy atom. The molecule has 4 nitrogen and oxygen atoms in total. The smallest absolute Gasteiger partial charge is 0.272 e. The molecule has 0 saturated heterocycles. The standard InChI is InChI=1S/C18H15BrFN3O/c1-12-7-17(22-23(12)16-5-3-2-4-6-16)18(24)21-11-13-8-14(19)10-15(20)9-13/h2-10H,11H2,1H3,(H,21,24). The topological polar surface area (TPSA) is 46.9 Å². The first-order chi connectivity index (χ1) is 11.5. The zero-order valence-electron chi connectivity index (χ0n) is 13.0. The molecule has 3 aromatic rings. The van der Waals surface area contributed by atoms with E-state index >= 15 is 0 Å². The zero-order chi connectivity index (χ0) is 17.1. The van der Waals surface area contributed by atoms with E-state index in [1.165, 1.54) is 12.1 Å². The maximum atomic E-state index is 13.4. The van der Waals surface area contributed by atoms with Gasteiger partial charge in [0.25, 0.3) is 5.91 Å². The maximum Gasteiger partial charge on any atom is 0.272 e. The average molecular weight is 388 g/mol. The van der Waals surface area contributed by atoms with Gasteiger partial charge in [0.05, 0.1) is 5.69 Å². The molecule has 1 amide bonds. The largest absolute Gasteiger partial charge is 0.347 e. The predicted molar refractivity (Wildman–Crippen MR) is 93.6 cm³/mol. The van der Waals surface area contributed by atoms with Gasteiger partial charge >= 0.3 is 0 Å². The second kappa shape index (κ2) is 6.97. The number of amides is 1. The van der Waals surface area contributed by atoms with E-state index < -0.39 is 0 Å². The van der Waals surface area contributed by atoms with Crippen molar-refractivity contribution in [2.75, 3.05) is 0 Å². The van der Waals surface area contributed by atoms with Crippen LogP contribution in [0.15, 0.2) is 59.1 Å². The summed E-state index contributed by atoms with van der Waals surface area (Å²) in [5.41, 5.74) is 2.75. The van der Waals surface area contributed by atoms with E-state index in [0.29, 0.717) is 15.7 Å². The van der Waals surface area contributed by atoms with Crippen molar-refractivity contribution in [3.63, 3.8) is 0 Å². The fraction of sp³-hybridized carbons (Fsp3) is 0.111. The van der Waals surface area contributed by atoms with E-state index in [1.54, 1.807) is 16.8 Å². The molecule has 0 aliphatic rings. The van der Waals surface area contributed by atoms with Crippen molar-refractivity contribution in [2.24, 2.45) is 0 Å². The summed E-state index contributed by atoms with van der Waals surface area (Å²) in [5.74, 6) is -0.647. The Morgan fingerprint density at radius 3 is 2.67 bits per heavy atom. The van der Waals surface area contributed by atoms with Crippen LogP contribution in [0.1, 0.15) is 21.7 Å². The van der Waals surface area contributed by atoms with Gasteiger partial charge < -0.3 is 5.32 Å². The Kier molecular flexibility index (Phi) is 4.76. The van der Waals surface area contributed by atoms with Crippen LogP contribution in [0.5, 0.6) is 0 Å². The lowest BCUT2D eigenvalue weighted by molar-refractivity contribution is 0.0945. The number of halogens is 2. The van der Waals surface area contributed by atoms with Gasteiger partial charge in [0, 0.05) is 16.7 Å². The summed E-state index contributed by atoms with van der Waals surface area (Å²) in [6.07, 6.45) is 0. The van der Waals surface area contributed by atoms with Crippen LogP contribution >= 0.6 is 15.9 Å². The molecule has 0 unspecified atom stereocenters. The first kappa shape index (κ1) is 16.4. The highest BCUT2D eigenvalue weighted by atomic mass is 79.9. The number of carbonyl (C=O) groups is 1. The first-order valence-corrected chi connectivity index (χ1v) is 8.17. The van der Waals surface area contributed by atoms with Crippen LogP contribution < -0.4 is 5.32 Å². The van der Waals surface area contributed by atoms with Crippen molar-refractivity contribution >= 4 is 21.8 Å². The van der Waals surface area contributed by atoms with Crippen LogP contribution in [0.3, 0.4) is 0 Å². The fourth-order valence-electron chi connectivity index (χ4n) is 2.40. The molecule has 1 N–H and O–H groups in total. The Bertz CT molecular complexity index is 857. The number of aromatic nitrogens is 2. The van der Waals surface area contributed by atoms with Crippen molar-refractivity contribution < 1.29 is 9.18 Å². The lowest BCUT2D eigenvalue weighted by Gasteiger charge is -2.05. The number of para-hydroxylation sites is 1. The van der Waals surface area contributed by atoms with E-state index in [0.717, 1.165) is 11.4 Å². The highest BCUT2D eigenvalue weighted by molar-refractivity contribution is 9.10. The fourth-order valence-corrected chi connectivity index (χ4v) is 2.91. The van der Waals surface area contributed by atoms with E-state index in [4.69, 9.17) is 0 Å². The van der Waals surface area contributed by atoms with Gasteiger partial charge in [-0.3, -0.25) is 4.79 Å². The Hall–Kier alpha value is -2.47. The molecule has 24 heavy (non-hydrogen) atoms. The number of hydrogen-bond donors (Lipinski definition) is 1. The molecular weight excluding hydrogens is 373 g/mol. The van der Waals surface area contributed by atoms with Crippen LogP contribution in [-0.2, 0) is 6.54 Å². The summed E-state index contributed by atoms with van der Waals surface area (Å²) >= 11 is 3.24. The van der Waals surface area contributed by atoms with Gasteiger partial charge in [-0.1, -0.05) is 34.1 Å². The molecular formula is C18H15BrFN3O. The quantitative estimate of drug-likeness (QED) is 0.734. The molecule has 3 rings (SSSR count). The SMILES string of the molecule is Cc1cc(C(=O)NCc2cc(F)cc(Br)c2)nn1-c1ccccc1. The molecule has 122 valence electrons. The van der Waals surface area contributed by atoms with Gasteiger partial charge in [-0.25, -0.2) is 9.07 Å². The lowest BCUT2D eigenvalue weighted by atomic mass is 10.2. The molecule has 0 atom stereocenters. The van der Waals surface area contributed by atoms with Crippen molar-refractivity contribution in [3.8, 4) is 5.69 Å². The van der Waals surface area contributed by atoms with Crippen LogP contribution in [-0.4, -0.2) is 15.7 Å². The highest BCUT2D eigenvalue weighted by Crippen LogP contribution is 2.15. The number of hydrogen-bond acceptors (Lipinski definition) is 2. The van der Waals surface area contributed by atoms with Crippen LogP contribution in [0.2, 0.25) is 0 Å². The summed E-state index contributed by atoms with van der Waals surface area (Å²) in [7, 11) is 0. The van der Waals surface area contributed by atoms with E-state index in [2.05, 4.69) is 26.3 Å². The third kappa shape index (κ3) is 3.71. The summed E-state index contributed by atoms with van der Waals surface area (Å²) in [6, 6.07) is 15.8. The Morgan fingerprint density at radius 1 is 1.21 bits per heavy atom. The molecule has 1 heterocycles. The first-order valence-electron chi connectivity index (χ1n) is 7.38. The number of rotatable bonds is 4. The molecule has 0 radical (unpaired) electrons.